The summed E-state index contributed by atoms with van der Waals surface area (Å²) in [6.07, 6.45) is 1.77. The van der Waals surface area contributed by atoms with Crippen LogP contribution in [0.15, 0.2) is 40.4 Å². The van der Waals surface area contributed by atoms with Gasteiger partial charge in [-0.2, -0.15) is 5.21 Å². The SMILES string of the molecule is CC(C)(C)S(=O)NCc1cc(-c2nn[nH]n2)cc(Cl)c1Sc1ncccc1CO[Si](C)(C)C(C)(C)C. The van der Waals surface area contributed by atoms with Crippen molar-refractivity contribution >= 4 is 42.7 Å². The van der Waals surface area contributed by atoms with Crippen LogP contribution in [0.1, 0.15) is 52.7 Å². The molecule has 0 amide bonds. The Labute approximate surface area is 226 Å². The van der Waals surface area contributed by atoms with Crippen molar-refractivity contribution < 1.29 is 8.63 Å². The highest BCUT2D eigenvalue weighted by atomic mass is 35.5. The zero-order chi connectivity index (χ0) is 26.7. The summed E-state index contributed by atoms with van der Waals surface area (Å²) in [6, 6.07) is 7.72. The molecule has 8 nitrogen and oxygen atoms in total. The van der Waals surface area contributed by atoms with E-state index in [1.165, 1.54) is 11.8 Å². The molecule has 0 spiro atoms. The van der Waals surface area contributed by atoms with E-state index < -0.39 is 24.1 Å². The van der Waals surface area contributed by atoms with E-state index in [4.69, 9.17) is 16.0 Å². The zero-order valence-electron chi connectivity index (χ0n) is 22.1. The molecule has 0 bridgehead atoms. The molecule has 0 saturated heterocycles. The molecule has 0 fully saturated rings. The Morgan fingerprint density at radius 2 is 1.89 bits per heavy atom. The fraction of sp³-hybridized carbons (Fsp3) is 0.500. The van der Waals surface area contributed by atoms with E-state index in [1.54, 1.807) is 6.20 Å². The number of aromatic amines is 1. The summed E-state index contributed by atoms with van der Waals surface area (Å²) in [4.78, 5) is 5.47. The van der Waals surface area contributed by atoms with Gasteiger partial charge in [0.15, 0.2) is 8.32 Å². The summed E-state index contributed by atoms with van der Waals surface area (Å²) in [5.74, 6) is 0.438. The molecular weight excluding hydrogens is 532 g/mol. The van der Waals surface area contributed by atoms with Crippen LogP contribution < -0.4 is 4.72 Å². The van der Waals surface area contributed by atoms with Gasteiger partial charge in [-0.3, -0.25) is 0 Å². The molecule has 1 atom stereocenters. The Bertz CT molecular complexity index is 1210. The van der Waals surface area contributed by atoms with Crippen molar-refractivity contribution in [2.75, 3.05) is 0 Å². The average molecular weight is 567 g/mol. The summed E-state index contributed by atoms with van der Waals surface area (Å²) < 4.78 is 21.9. The van der Waals surface area contributed by atoms with Gasteiger partial charge in [-0.05, 0) is 67.9 Å². The van der Waals surface area contributed by atoms with Crippen molar-refractivity contribution in [2.45, 2.75) is 87.5 Å². The maximum absolute atomic E-state index is 12.7. The van der Waals surface area contributed by atoms with Gasteiger partial charge in [-0.15, -0.1) is 10.2 Å². The molecule has 0 aliphatic carbocycles. The minimum atomic E-state index is -1.94. The first-order valence-corrected chi connectivity index (χ1v) is 16.9. The molecule has 3 aromatic rings. The van der Waals surface area contributed by atoms with E-state index in [0.29, 0.717) is 24.0 Å². The third-order valence-electron chi connectivity index (χ3n) is 6.12. The highest BCUT2D eigenvalue weighted by molar-refractivity contribution is 7.99. The summed E-state index contributed by atoms with van der Waals surface area (Å²) in [6.45, 7) is 17.8. The molecule has 2 N–H and O–H groups in total. The molecule has 12 heteroatoms. The molecule has 0 saturated carbocycles. The van der Waals surface area contributed by atoms with Crippen LogP contribution in [-0.2, 0) is 28.6 Å². The minimum Gasteiger partial charge on any atom is -0.412 e. The lowest BCUT2D eigenvalue weighted by Gasteiger charge is -2.36. The van der Waals surface area contributed by atoms with Gasteiger partial charge < -0.3 is 4.43 Å². The van der Waals surface area contributed by atoms with Crippen LogP contribution in [0.4, 0.5) is 0 Å². The van der Waals surface area contributed by atoms with E-state index in [0.717, 1.165) is 26.6 Å². The second kappa shape index (κ2) is 11.4. The predicted molar refractivity (Wildman–Crippen MR) is 150 cm³/mol. The fourth-order valence-electron chi connectivity index (χ4n) is 2.87. The van der Waals surface area contributed by atoms with E-state index >= 15 is 0 Å². The summed E-state index contributed by atoms with van der Waals surface area (Å²) in [7, 11) is -3.19. The van der Waals surface area contributed by atoms with Crippen molar-refractivity contribution in [1.29, 1.82) is 0 Å². The van der Waals surface area contributed by atoms with Crippen molar-refractivity contribution in [3.05, 3.63) is 46.6 Å². The number of tetrazole rings is 1. The van der Waals surface area contributed by atoms with Crippen LogP contribution in [0.3, 0.4) is 0 Å². The summed E-state index contributed by atoms with van der Waals surface area (Å²) in [5, 5.41) is 15.7. The van der Waals surface area contributed by atoms with Crippen molar-refractivity contribution in [3.63, 3.8) is 0 Å². The largest absolute Gasteiger partial charge is 0.412 e. The van der Waals surface area contributed by atoms with E-state index in [9.17, 15) is 4.21 Å². The number of nitrogens with zero attached hydrogens (tertiary/aromatic N) is 4. The Morgan fingerprint density at radius 3 is 2.50 bits per heavy atom. The predicted octanol–water partition coefficient (Wildman–Crippen LogP) is 6.14. The van der Waals surface area contributed by atoms with Crippen LogP contribution in [0.25, 0.3) is 11.4 Å². The number of pyridine rings is 1. The Kier molecular flexibility index (Phi) is 9.16. The number of hydrogen-bond donors (Lipinski definition) is 2. The van der Waals surface area contributed by atoms with Crippen molar-refractivity contribution in [3.8, 4) is 11.4 Å². The third-order valence-corrected chi connectivity index (χ3v) is 13.8. The zero-order valence-corrected chi connectivity index (χ0v) is 25.5. The molecule has 2 heterocycles. The Morgan fingerprint density at radius 1 is 1.17 bits per heavy atom. The fourth-order valence-corrected chi connectivity index (χ4v) is 5.87. The summed E-state index contributed by atoms with van der Waals surface area (Å²) in [5.41, 5.74) is 2.59. The van der Waals surface area contributed by atoms with Gasteiger partial charge in [-0.1, -0.05) is 50.2 Å². The maximum Gasteiger partial charge on any atom is 0.204 e. The van der Waals surface area contributed by atoms with Gasteiger partial charge in [0.05, 0.1) is 27.4 Å². The number of rotatable bonds is 9. The number of hydrogen-bond acceptors (Lipinski definition) is 7. The molecule has 3 rings (SSSR count). The van der Waals surface area contributed by atoms with Gasteiger partial charge in [0.2, 0.25) is 5.82 Å². The van der Waals surface area contributed by atoms with E-state index in [-0.39, 0.29) is 5.04 Å². The number of H-pyrrole nitrogens is 1. The lowest BCUT2D eigenvalue weighted by molar-refractivity contribution is 0.273. The molecular formula is C24H35ClN6O2S2Si. The molecule has 1 unspecified atom stereocenters. The smallest absolute Gasteiger partial charge is 0.204 e. The highest BCUT2D eigenvalue weighted by Crippen LogP contribution is 2.41. The van der Waals surface area contributed by atoms with Gasteiger partial charge >= 0.3 is 0 Å². The Hall–Kier alpha value is -1.63. The normalized spacial score (nSPS) is 13.7. The molecule has 1 aromatic carbocycles. The standard InChI is InChI=1S/C24H35ClN6O2S2Si/c1-23(2,3)35(32)27-14-18-12-17(21-28-30-31-29-21)13-19(25)20(18)34-22-16(10-9-11-26-22)15-33-36(7,8)24(4,5)6/h9-13,27H,14-15H2,1-8H3,(H,28,29,30,31). The molecule has 2 aromatic heterocycles. The number of halogens is 1. The van der Waals surface area contributed by atoms with Crippen LogP contribution in [0.2, 0.25) is 23.2 Å². The van der Waals surface area contributed by atoms with Crippen LogP contribution in [0.5, 0.6) is 0 Å². The molecule has 36 heavy (non-hydrogen) atoms. The van der Waals surface area contributed by atoms with Gasteiger partial charge in [0.25, 0.3) is 0 Å². The van der Waals surface area contributed by atoms with Gasteiger partial charge in [-0.25, -0.2) is 13.9 Å². The number of aromatic nitrogens is 5. The topological polar surface area (TPSA) is 106 Å². The van der Waals surface area contributed by atoms with Crippen molar-refractivity contribution in [2.24, 2.45) is 0 Å². The van der Waals surface area contributed by atoms with E-state index in [1.807, 2.05) is 45.0 Å². The second-order valence-electron chi connectivity index (χ2n) is 11.0. The van der Waals surface area contributed by atoms with Crippen molar-refractivity contribution in [1.82, 2.24) is 30.3 Å². The van der Waals surface area contributed by atoms with Gasteiger partial charge in [0, 0.05) is 28.8 Å². The second-order valence-corrected chi connectivity index (χ2v) is 19.3. The Balaban J connectivity index is 1.95. The summed E-state index contributed by atoms with van der Waals surface area (Å²) >= 11 is 8.29. The maximum atomic E-state index is 12.7. The van der Waals surface area contributed by atoms with Crippen LogP contribution in [0, 0.1) is 0 Å². The van der Waals surface area contributed by atoms with E-state index in [2.05, 4.69) is 64.2 Å². The molecule has 196 valence electrons. The average Bonchev–Trinajstić information content (AvgIpc) is 3.32. The van der Waals surface area contributed by atoms with Crippen LogP contribution >= 0.6 is 23.4 Å². The molecule has 0 aliphatic heterocycles. The quantitative estimate of drug-likeness (QED) is 0.300. The highest BCUT2D eigenvalue weighted by Gasteiger charge is 2.37. The van der Waals surface area contributed by atoms with Gasteiger partial charge in [0.1, 0.15) is 5.03 Å². The molecule has 0 aliphatic rings. The van der Waals surface area contributed by atoms with Crippen LogP contribution in [-0.4, -0.2) is 42.9 Å². The lowest BCUT2D eigenvalue weighted by atomic mass is 10.1. The third kappa shape index (κ3) is 7.23. The number of nitrogens with one attached hydrogen (secondary N) is 2. The number of benzene rings is 1. The first kappa shape index (κ1) is 28.9. The first-order valence-electron chi connectivity index (χ1n) is 11.7. The first-order chi connectivity index (χ1) is 16.7. The monoisotopic (exact) mass is 566 g/mol. The molecule has 0 radical (unpaired) electrons. The minimum absolute atomic E-state index is 0.109. The lowest BCUT2D eigenvalue weighted by Crippen LogP contribution is -2.40.